The summed E-state index contributed by atoms with van der Waals surface area (Å²) in [5.41, 5.74) is 1.62. The topological polar surface area (TPSA) is 72.7 Å². The molecule has 1 N–H and O–H groups in total. The lowest BCUT2D eigenvalue weighted by Gasteiger charge is -2.12. The number of aryl methyl sites for hydroxylation is 1. The van der Waals surface area contributed by atoms with Gasteiger partial charge in [-0.3, -0.25) is 4.79 Å². The van der Waals surface area contributed by atoms with Crippen LogP contribution in [0.15, 0.2) is 29.5 Å². The minimum atomic E-state index is -0.420. The third-order valence-corrected chi connectivity index (χ3v) is 3.32. The number of amides is 1. The van der Waals surface area contributed by atoms with Gasteiger partial charge in [0.25, 0.3) is 0 Å². The highest BCUT2D eigenvalue weighted by Gasteiger charge is 2.15. The molecule has 0 fully saturated rings. The van der Waals surface area contributed by atoms with Crippen LogP contribution in [0.5, 0.6) is 0 Å². The van der Waals surface area contributed by atoms with Crippen molar-refractivity contribution in [3.05, 3.63) is 35.1 Å². The third kappa shape index (κ3) is 2.73. The Hall–Kier alpha value is -1.76. The van der Waals surface area contributed by atoms with Gasteiger partial charge in [-0.2, -0.15) is 5.10 Å². The summed E-state index contributed by atoms with van der Waals surface area (Å²) in [6.07, 6.45) is 4.51. The first-order valence-electron chi connectivity index (χ1n) is 5.35. The summed E-state index contributed by atoms with van der Waals surface area (Å²) in [6.45, 7) is 3.66. The van der Waals surface area contributed by atoms with Gasteiger partial charge in [-0.05, 0) is 41.4 Å². The zero-order valence-corrected chi connectivity index (χ0v) is 11.5. The number of rotatable bonds is 3. The molecule has 94 valence electrons. The number of anilines is 1. The van der Waals surface area contributed by atoms with E-state index in [1.165, 1.54) is 17.3 Å². The lowest BCUT2D eigenvalue weighted by Crippen LogP contribution is -2.24. The van der Waals surface area contributed by atoms with Crippen LogP contribution in [0, 0.1) is 6.92 Å². The van der Waals surface area contributed by atoms with Crippen molar-refractivity contribution >= 4 is 27.5 Å². The van der Waals surface area contributed by atoms with E-state index in [9.17, 15) is 4.79 Å². The minimum absolute atomic E-state index is 0.163. The predicted octanol–water partition coefficient (Wildman–Crippen LogP) is 1.94. The van der Waals surface area contributed by atoms with Gasteiger partial charge in [0, 0.05) is 0 Å². The molecule has 0 bridgehead atoms. The van der Waals surface area contributed by atoms with Gasteiger partial charge in [-0.1, -0.05) is 0 Å². The lowest BCUT2D eigenvalue weighted by atomic mass is 10.2. The molecule has 0 spiro atoms. The molecule has 0 aliphatic carbocycles. The summed E-state index contributed by atoms with van der Waals surface area (Å²) in [7, 11) is 0. The fourth-order valence-electron chi connectivity index (χ4n) is 1.41. The molecule has 1 amide bonds. The van der Waals surface area contributed by atoms with E-state index in [0.717, 1.165) is 10.2 Å². The van der Waals surface area contributed by atoms with E-state index in [1.807, 2.05) is 13.0 Å². The maximum atomic E-state index is 12.0. The maximum absolute atomic E-state index is 12.0. The predicted molar refractivity (Wildman–Crippen MR) is 70.0 cm³/mol. The van der Waals surface area contributed by atoms with Crippen LogP contribution in [0.25, 0.3) is 0 Å². The van der Waals surface area contributed by atoms with E-state index in [1.54, 1.807) is 13.1 Å². The fraction of sp³-hybridized carbons (Fsp3) is 0.273. The molecule has 0 aromatic carbocycles. The summed E-state index contributed by atoms with van der Waals surface area (Å²) in [5, 5.41) is 6.72. The highest BCUT2D eigenvalue weighted by Crippen LogP contribution is 2.17. The molecule has 2 rings (SSSR count). The second kappa shape index (κ2) is 5.26. The monoisotopic (exact) mass is 309 g/mol. The standard InChI is InChI=1S/C11H12BrN5O/c1-7-3-9(4-14-10(7)12)16-11(18)8(2)17-6-13-5-15-17/h3-6,8H,1-2H3,(H,16,18). The van der Waals surface area contributed by atoms with Crippen molar-refractivity contribution in [1.82, 2.24) is 19.7 Å². The van der Waals surface area contributed by atoms with Gasteiger partial charge in [-0.25, -0.2) is 14.6 Å². The number of halogens is 1. The number of nitrogens with one attached hydrogen (secondary N) is 1. The van der Waals surface area contributed by atoms with Crippen LogP contribution < -0.4 is 5.32 Å². The minimum Gasteiger partial charge on any atom is -0.323 e. The van der Waals surface area contributed by atoms with Gasteiger partial charge in [0.05, 0.1) is 11.9 Å². The molecular formula is C11H12BrN5O. The SMILES string of the molecule is Cc1cc(NC(=O)C(C)n2cncn2)cnc1Br. The van der Waals surface area contributed by atoms with Crippen LogP contribution in [0.2, 0.25) is 0 Å². The summed E-state index contributed by atoms with van der Waals surface area (Å²) in [5.74, 6) is -0.163. The Bertz CT molecular complexity index is 555. The van der Waals surface area contributed by atoms with Crippen LogP contribution in [0.3, 0.4) is 0 Å². The van der Waals surface area contributed by atoms with E-state index in [0.29, 0.717) is 5.69 Å². The second-order valence-corrected chi connectivity index (χ2v) is 4.62. The summed E-state index contributed by atoms with van der Waals surface area (Å²) in [4.78, 5) is 19.9. The van der Waals surface area contributed by atoms with Crippen molar-refractivity contribution in [1.29, 1.82) is 0 Å². The van der Waals surface area contributed by atoms with E-state index >= 15 is 0 Å². The molecule has 0 aliphatic rings. The van der Waals surface area contributed by atoms with Crippen LogP contribution in [-0.4, -0.2) is 25.7 Å². The second-order valence-electron chi connectivity index (χ2n) is 3.87. The van der Waals surface area contributed by atoms with E-state index < -0.39 is 6.04 Å². The third-order valence-electron chi connectivity index (χ3n) is 2.49. The van der Waals surface area contributed by atoms with Gasteiger partial charge < -0.3 is 5.32 Å². The van der Waals surface area contributed by atoms with Crippen LogP contribution in [-0.2, 0) is 4.79 Å². The lowest BCUT2D eigenvalue weighted by molar-refractivity contribution is -0.119. The van der Waals surface area contributed by atoms with Gasteiger partial charge in [-0.15, -0.1) is 0 Å². The molecule has 0 saturated carbocycles. The Balaban J connectivity index is 2.09. The molecule has 18 heavy (non-hydrogen) atoms. The molecule has 6 nitrogen and oxygen atoms in total. The van der Waals surface area contributed by atoms with Crippen molar-refractivity contribution < 1.29 is 4.79 Å². The van der Waals surface area contributed by atoms with Crippen LogP contribution in [0.1, 0.15) is 18.5 Å². The van der Waals surface area contributed by atoms with E-state index in [4.69, 9.17) is 0 Å². The van der Waals surface area contributed by atoms with Gasteiger partial charge in [0.2, 0.25) is 5.91 Å². The Morgan fingerprint density at radius 2 is 2.33 bits per heavy atom. The van der Waals surface area contributed by atoms with Crippen molar-refractivity contribution in [3.63, 3.8) is 0 Å². The molecule has 2 aromatic rings. The number of nitrogens with zero attached hydrogens (tertiary/aromatic N) is 4. The summed E-state index contributed by atoms with van der Waals surface area (Å²) < 4.78 is 2.26. The molecular weight excluding hydrogens is 298 g/mol. The van der Waals surface area contributed by atoms with Gasteiger partial charge in [0.1, 0.15) is 23.3 Å². The number of carbonyl (C=O) groups is 1. The first kappa shape index (κ1) is 12.7. The molecule has 7 heteroatoms. The highest BCUT2D eigenvalue weighted by molar-refractivity contribution is 9.10. The number of hydrogen-bond donors (Lipinski definition) is 1. The molecule has 2 heterocycles. The molecule has 2 aromatic heterocycles. The first-order valence-corrected chi connectivity index (χ1v) is 6.14. The quantitative estimate of drug-likeness (QED) is 0.879. The molecule has 0 radical (unpaired) electrons. The van der Waals surface area contributed by atoms with Crippen LogP contribution >= 0.6 is 15.9 Å². The van der Waals surface area contributed by atoms with E-state index in [2.05, 4.69) is 36.3 Å². The number of aromatic nitrogens is 4. The first-order chi connectivity index (χ1) is 8.58. The van der Waals surface area contributed by atoms with Crippen molar-refractivity contribution in [2.24, 2.45) is 0 Å². The summed E-state index contributed by atoms with van der Waals surface area (Å²) >= 11 is 3.31. The Kier molecular flexibility index (Phi) is 3.71. The zero-order valence-electron chi connectivity index (χ0n) is 9.96. The number of pyridine rings is 1. The largest absolute Gasteiger partial charge is 0.323 e. The van der Waals surface area contributed by atoms with Gasteiger partial charge in [0.15, 0.2) is 0 Å². The summed E-state index contributed by atoms with van der Waals surface area (Å²) in [6, 6.07) is 1.43. The van der Waals surface area contributed by atoms with Gasteiger partial charge >= 0.3 is 0 Å². The van der Waals surface area contributed by atoms with Crippen molar-refractivity contribution in [2.75, 3.05) is 5.32 Å². The number of hydrogen-bond acceptors (Lipinski definition) is 4. The molecule has 0 saturated heterocycles. The number of carbonyl (C=O) groups excluding carboxylic acids is 1. The van der Waals surface area contributed by atoms with E-state index in [-0.39, 0.29) is 5.91 Å². The Labute approximate surface area is 113 Å². The fourth-order valence-corrected chi connectivity index (χ4v) is 1.63. The highest BCUT2D eigenvalue weighted by atomic mass is 79.9. The van der Waals surface area contributed by atoms with Crippen molar-refractivity contribution in [2.45, 2.75) is 19.9 Å². The average molecular weight is 310 g/mol. The zero-order chi connectivity index (χ0) is 13.1. The Morgan fingerprint density at radius 3 is 2.94 bits per heavy atom. The van der Waals surface area contributed by atoms with Crippen LogP contribution in [0.4, 0.5) is 5.69 Å². The molecule has 1 atom stereocenters. The average Bonchev–Trinajstić information content (AvgIpc) is 2.86. The maximum Gasteiger partial charge on any atom is 0.249 e. The molecule has 1 unspecified atom stereocenters. The normalized spacial score (nSPS) is 12.2. The smallest absolute Gasteiger partial charge is 0.249 e. The Morgan fingerprint density at radius 1 is 1.56 bits per heavy atom. The molecule has 0 aliphatic heterocycles. The van der Waals surface area contributed by atoms with Crippen molar-refractivity contribution in [3.8, 4) is 0 Å².